The molecule has 0 unspecified atom stereocenters. The molecule has 0 saturated heterocycles. The number of aryl methyl sites for hydroxylation is 2. The first-order valence-corrected chi connectivity index (χ1v) is 6.31. The number of rotatable bonds is 1. The monoisotopic (exact) mass is 254 g/mol. The van der Waals surface area contributed by atoms with Gasteiger partial charge in [0, 0.05) is 19.4 Å². The lowest BCUT2D eigenvalue weighted by Crippen LogP contribution is -1.96. The highest BCUT2D eigenvalue weighted by atomic mass is 32.2. The quantitative estimate of drug-likeness (QED) is 0.786. The molecular weight excluding hydrogens is 240 g/mol. The minimum Gasteiger partial charge on any atom is -0.338 e. The van der Waals surface area contributed by atoms with Crippen LogP contribution in [0.25, 0.3) is 0 Å². The lowest BCUT2D eigenvalue weighted by molar-refractivity contribution is 0.483. The maximum absolute atomic E-state index is 10.4. The number of imidazole rings is 1. The van der Waals surface area contributed by atoms with Gasteiger partial charge in [-0.3, -0.25) is 4.55 Å². The molecule has 2 aromatic rings. The van der Waals surface area contributed by atoms with Crippen LogP contribution in [0.3, 0.4) is 0 Å². The van der Waals surface area contributed by atoms with Crippen molar-refractivity contribution in [2.24, 2.45) is 7.05 Å². The minimum atomic E-state index is -4.00. The fraction of sp³-hybridized carbons (Fsp3) is 0.182. The van der Waals surface area contributed by atoms with E-state index in [9.17, 15) is 8.42 Å². The first kappa shape index (κ1) is 13.4. The molecule has 0 aliphatic carbocycles. The van der Waals surface area contributed by atoms with Gasteiger partial charge in [0.15, 0.2) is 0 Å². The van der Waals surface area contributed by atoms with E-state index in [4.69, 9.17) is 4.55 Å². The van der Waals surface area contributed by atoms with Gasteiger partial charge in [-0.15, -0.1) is 0 Å². The summed E-state index contributed by atoms with van der Waals surface area (Å²) in [4.78, 5) is 3.91. The third kappa shape index (κ3) is 4.38. The van der Waals surface area contributed by atoms with Crippen molar-refractivity contribution in [2.45, 2.75) is 11.8 Å². The van der Waals surface area contributed by atoms with E-state index >= 15 is 0 Å². The van der Waals surface area contributed by atoms with Crippen LogP contribution in [-0.4, -0.2) is 22.5 Å². The van der Waals surface area contributed by atoms with Crippen molar-refractivity contribution in [3.8, 4) is 0 Å². The summed E-state index contributed by atoms with van der Waals surface area (Å²) < 4.78 is 31.2. The van der Waals surface area contributed by atoms with Crippen molar-refractivity contribution < 1.29 is 13.0 Å². The molecule has 0 bridgehead atoms. The smallest absolute Gasteiger partial charge is 0.294 e. The van der Waals surface area contributed by atoms with Crippen molar-refractivity contribution in [1.82, 2.24) is 9.55 Å². The third-order valence-corrected chi connectivity index (χ3v) is 2.97. The Labute approximate surface area is 100 Å². The average Bonchev–Trinajstić information content (AvgIpc) is 2.64. The van der Waals surface area contributed by atoms with Gasteiger partial charge in [0.2, 0.25) is 0 Å². The summed E-state index contributed by atoms with van der Waals surface area (Å²) in [7, 11) is -2.03. The van der Waals surface area contributed by atoms with Gasteiger partial charge in [-0.05, 0) is 19.1 Å². The van der Waals surface area contributed by atoms with Crippen molar-refractivity contribution in [3.63, 3.8) is 0 Å². The van der Waals surface area contributed by atoms with E-state index < -0.39 is 10.1 Å². The van der Waals surface area contributed by atoms with Gasteiger partial charge in [0.1, 0.15) is 5.82 Å². The Morgan fingerprint density at radius 1 is 1.24 bits per heavy atom. The predicted molar refractivity (Wildman–Crippen MR) is 64.2 cm³/mol. The van der Waals surface area contributed by atoms with Gasteiger partial charge in [-0.2, -0.15) is 8.42 Å². The summed E-state index contributed by atoms with van der Waals surface area (Å²) >= 11 is 0. The lowest BCUT2D eigenvalue weighted by Gasteiger charge is -1.92. The molecule has 0 radical (unpaired) electrons. The van der Waals surface area contributed by atoms with Crippen LogP contribution in [-0.2, 0) is 17.2 Å². The third-order valence-electron chi connectivity index (χ3n) is 2.10. The van der Waals surface area contributed by atoms with E-state index in [1.165, 1.54) is 12.1 Å². The maximum Gasteiger partial charge on any atom is 0.294 e. The van der Waals surface area contributed by atoms with E-state index in [2.05, 4.69) is 4.98 Å². The number of aromatic nitrogens is 2. The average molecular weight is 254 g/mol. The summed E-state index contributed by atoms with van der Waals surface area (Å²) in [5, 5.41) is 0. The summed E-state index contributed by atoms with van der Waals surface area (Å²) in [6, 6.07) is 7.42. The van der Waals surface area contributed by atoms with Gasteiger partial charge in [-0.25, -0.2) is 4.98 Å². The van der Waals surface area contributed by atoms with Crippen LogP contribution >= 0.6 is 0 Å². The number of nitrogens with zero attached hydrogens (tertiary/aromatic N) is 2. The van der Waals surface area contributed by atoms with E-state index in [1.54, 1.807) is 24.4 Å². The molecule has 0 amide bonds. The number of benzene rings is 1. The first-order valence-electron chi connectivity index (χ1n) is 4.87. The van der Waals surface area contributed by atoms with Crippen LogP contribution in [0.2, 0.25) is 0 Å². The van der Waals surface area contributed by atoms with Crippen LogP contribution in [0.4, 0.5) is 0 Å². The summed E-state index contributed by atoms with van der Waals surface area (Å²) in [6.07, 6.45) is 3.71. The molecule has 1 N–H and O–H groups in total. The molecule has 0 saturated carbocycles. The molecule has 6 heteroatoms. The fourth-order valence-corrected chi connectivity index (χ4v) is 1.53. The summed E-state index contributed by atoms with van der Waals surface area (Å²) in [6.45, 7) is 1.97. The molecule has 2 rings (SSSR count). The fourth-order valence-electron chi connectivity index (χ4n) is 1.03. The zero-order valence-corrected chi connectivity index (χ0v) is 10.4. The number of hydrogen-bond acceptors (Lipinski definition) is 3. The Kier molecular flexibility index (Phi) is 4.42. The molecule has 0 aliphatic heterocycles. The van der Waals surface area contributed by atoms with E-state index in [0.717, 1.165) is 5.82 Å². The molecule has 0 spiro atoms. The van der Waals surface area contributed by atoms with Crippen molar-refractivity contribution >= 4 is 10.1 Å². The first-order chi connectivity index (χ1) is 7.91. The molecule has 1 aromatic carbocycles. The Hall–Kier alpha value is -1.66. The SMILES string of the molecule is Cc1nccn1C.O=S(=O)(O)c1ccccc1. The van der Waals surface area contributed by atoms with E-state index in [0.29, 0.717) is 0 Å². The van der Waals surface area contributed by atoms with Crippen molar-refractivity contribution in [3.05, 3.63) is 48.5 Å². The van der Waals surface area contributed by atoms with Gasteiger partial charge < -0.3 is 4.57 Å². The zero-order chi connectivity index (χ0) is 12.9. The molecule has 0 atom stereocenters. The molecule has 92 valence electrons. The van der Waals surface area contributed by atoms with Crippen LogP contribution < -0.4 is 0 Å². The van der Waals surface area contributed by atoms with Gasteiger partial charge in [0.05, 0.1) is 4.90 Å². The summed E-state index contributed by atoms with van der Waals surface area (Å²) in [5.74, 6) is 1.06. The molecule has 5 nitrogen and oxygen atoms in total. The summed E-state index contributed by atoms with van der Waals surface area (Å²) in [5.41, 5.74) is 0. The molecule has 17 heavy (non-hydrogen) atoms. The molecule has 0 aliphatic rings. The van der Waals surface area contributed by atoms with Gasteiger partial charge in [-0.1, -0.05) is 18.2 Å². The maximum atomic E-state index is 10.4. The largest absolute Gasteiger partial charge is 0.338 e. The lowest BCUT2D eigenvalue weighted by atomic mass is 10.4. The predicted octanol–water partition coefficient (Wildman–Crippen LogP) is 1.66. The van der Waals surface area contributed by atoms with Crippen LogP contribution in [0, 0.1) is 6.92 Å². The molecule has 1 heterocycles. The molecule has 0 fully saturated rings. The van der Waals surface area contributed by atoms with Gasteiger partial charge >= 0.3 is 0 Å². The standard InChI is InChI=1S/C6H6O3S.C5H8N2/c7-10(8,9)6-4-2-1-3-5-6;1-5-6-3-4-7(5)2/h1-5H,(H,7,8,9);3-4H,1-2H3. The highest BCUT2D eigenvalue weighted by Gasteiger charge is 2.05. The van der Waals surface area contributed by atoms with Gasteiger partial charge in [0.25, 0.3) is 10.1 Å². The van der Waals surface area contributed by atoms with Crippen LogP contribution in [0.5, 0.6) is 0 Å². The molecule has 1 aromatic heterocycles. The van der Waals surface area contributed by atoms with Crippen LogP contribution in [0.15, 0.2) is 47.6 Å². The van der Waals surface area contributed by atoms with Crippen molar-refractivity contribution in [2.75, 3.05) is 0 Å². The minimum absolute atomic E-state index is 0.0741. The Morgan fingerprint density at radius 3 is 2.06 bits per heavy atom. The van der Waals surface area contributed by atoms with Crippen LogP contribution in [0.1, 0.15) is 5.82 Å². The molecular formula is C11H14N2O3S. The highest BCUT2D eigenvalue weighted by Crippen LogP contribution is 2.05. The highest BCUT2D eigenvalue weighted by molar-refractivity contribution is 7.85. The van der Waals surface area contributed by atoms with E-state index in [-0.39, 0.29) is 4.90 Å². The van der Waals surface area contributed by atoms with Crippen molar-refractivity contribution in [1.29, 1.82) is 0 Å². The topological polar surface area (TPSA) is 72.2 Å². The second-order valence-electron chi connectivity index (χ2n) is 3.37. The Morgan fingerprint density at radius 2 is 1.82 bits per heavy atom. The Bertz CT molecular complexity index is 545. The zero-order valence-electron chi connectivity index (χ0n) is 9.61. The number of hydrogen-bond donors (Lipinski definition) is 1. The normalized spacial score (nSPS) is 10.5. The Balaban J connectivity index is 0.000000181. The second-order valence-corrected chi connectivity index (χ2v) is 4.80. The van der Waals surface area contributed by atoms with E-state index in [1.807, 2.05) is 24.7 Å². The second kappa shape index (κ2) is 5.60.